The van der Waals surface area contributed by atoms with E-state index in [9.17, 15) is 4.79 Å². The van der Waals surface area contributed by atoms with E-state index in [1.807, 2.05) is 12.1 Å². The van der Waals surface area contributed by atoms with Gasteiger partial charge in [-0.3, -0.25) is 4.79 Å². The third kappa shape index (κ3) is 9.91. The molecule has 1 saturated carbocycles. The van der Waals surface area contributed by atoms with Crippen LogP contribution in [-0.4, -0.2) is 15.9 Å². The van der Waals surface area contributed by atoms with Gasteiger partial charge in [0.15, 0.2) is 11.6 Å². The Labute approximate surface area is 235 Å². The highest BCUT2D eigenvalue weighted by Gasteiger charge is 2.14. The molecule has 0 unspecified atom stereocenters. The summed E-state index contributed by atoms with van der Waals surface area (Å²) >= 11 is 0. The quantitative estimate of drug-likeness (QED) is 0.138. The van der Waals surface area contributed by atoms with Crippen molar-refractivity contribution in [1.29, 1.82) is 0 Å². The Hall–Kier alpha value is -3.01. The number of aryl methyl sites for hydroxylation is 1. The van der Waals surface area contributed by atoms with E-state index in [-0.39, 0.29) is 5.97 Å². The minimum Gasteiger partial charge on any atom is -0.423 e. The second-order valence-corrected chi connectivity index (χ2v) is 11.3. The highest BCUT2D eigenvalue weighted by molar-refractivity contribution is 5.72. The molecule has 0 amide bonds. The maximum absolute atomic E-state index is 12.2. The minimum atomic E-state index is -0.201. The Morgan fingerprint density at radius 2 is 1.33 bits per heavy atom. The highest BCUT2D eigenvalue weighted by atomic mass is 16.5. The minimum absolute atomic E-state index is 0.201. The van der Waals surface area contributed by atoms with Crippen LogP contribution in [0.15, 0.2) is 60.9 Å². The van der Waals surface area contributed by atoms with Crippen LogP contribution in [0.4, 0.5) is 0 Å². The number of rotatable bonds is 16. The summed E-state index contributed by atoms with van der Waals surface area (Å²) in [6, 6.07) is 17.2. The van der Waals surface area contributed by atoms with Gasteiger partial charge in [0.1, 0.15) is 0 Å². The molecule has 208 valence electrons. The number of carbonyl (C=O) groups excluding carboxylic acids is 1. The second-order valence-electron chi connectivity index (χ2n) is 11.3. The number of aromatic nitrogens is 2. The highest BCUT2D eigenvalue weighted by Crippen LogP contribution is 2.29. The number of esters is 1. The summed E-state index contributed by atoms with van der Waals surface area (Å²) in [6.07, 6.45) is 23.0. The summed E-state index contributed by atoms with van der Waals surface area (Å²) in [7, 11) is 0. The van der Waals surface area contributed by atoms with Gasteiger partial charge in [0.05, 0.1) is 12.4 Å². The summed E-state index contributed by atoms with van der Waals surface area (Å²) in [5, 5.41) is 0. The molecule has 0 spiro atoms. The van der Waals surface area contributed by atoms with Crippen molar-refractivity contribution >= 4 is 5.97 Å². The van der Waals surface area contributed by atoms with E-state index in [0.29, 0.717) is 18.0 Å². The first-order valence-corrected chi connectivity index (χ1v) is 15.4. The smallest absolute Gasteiger partial charge is 0.311 e. The van der Waals surface area contributed by atoms with Crippen LogP contribution in [0.2, 0.25) is 0 Å². The molecule has 0 N–H and O–H groups in total. The van der Waals surface area contributed by atoms with Gasteiger partial charge in [-0.25, -0.2) is 9.97 Å². The molecule has 1 fully saturated rings. The normalized spacial score (nSPS) is 13.6. The molecule has 0 radical (unpaired) electrons. The Morgan fingerprint density at radius 1 is 0.744 bits per heavy atom. The second kappa shape index (κ2) is 16.2. The SMILES string of the molecule is CCCCCc1ccc(-c2ccc(-c3ncc(OC(=O)CCCCCCCCC4CCCC4)cn3)cc2)cc1. The van der Waals surface area contributed by atoms with Crippen molar-refractivity contribution < 1.29 is 9.53 Å². The van der Waals surface area contributed by atoms with Crippen LogP contribution in [0, 0.1) is 5.92 Å². The standard InChI is InChI=1S/C35H46N2O2/c1-2-3-8-13-29-18-20-30(21-19-29)31-22-24-32(25-23-31)35-36-26-33(27-37-35)39-34(38)17-10-7-5-4-6-9-14-28-15-11-12-16-28/h18-28H,2-17H2,1H3. The molecule has 4 heteroatoms. The van der Waals surface area contributed by atoms with Crippen molar-refractivity contribution in [3.8, 4) is 28.3 Å². The number of benzene rings is 2. The molecule has 0 bridgehead atoms. The fraction of sp³-hybridized carbons (Fsp3) is 0.514. The zero-order valence-corrected chi connectivity index (χ0v) is 23.9. The van der Waals surface area contributed by atoms with Gasteiger partial charge < -0.3 is 4.74 Å². The Morgan fingerprint density at radius 3 is 2.00 bits per heavy atom. The zero-order valence-electron chi connectivity index (χ0n) is 23.9. The summed E-state index contributed by atoms with van der Waals surface area (Å²) in [5.74, 6) is 1.84. The molecule has 0 atom stereocenters. The molecular formula is C35H46N2O2. The summed E-state index contributed by atoms with van der Waals surface area (Å²) in [4.78, 5) is 21.1. The van der Waals surface area contributed by atoms with Gasteiger partial charge in [0.25, 0.3) is 0 Å². The van der Waals surface area contributed by atoms with Gasteiger partial charge in [-0.15, -0.1) is 0 Å². The third-order valence-corrected chi connectivity index (χ3v) is 8.08. The Balaban J connectivity index is 1.14. The van der Waals surface area contributed by atoms with E-state index in [0.717, 1.165) is 30.7 Å². The predicted octanol–water partition coefficient (Wildman–Crippen LogP) is 9.76. The van der Waals surface area contributed by atoms with E-state index >= 15 is 0 Å². The Kier molecular flexibility index (Phi) is 12.0. The maximum atomic E-state index is 12.2. The van der Waals surface area contributed by atoms with Crippen molar-refractivity contribution in [3.63, 3.8) is 0 Å². The van der Waals surface area contributed by atoms with Crippen molar-refractivity contribution in [1.82, 2.24) is 9.97 Å². The van der Waals surface area contributed by atoms with Crippen molar-refractivity contribution in [2.24, 2.45) is 5.92 Å². The number of nitrogens with zero attached hydrogens (tertiary/aromatic N) is 2. The van der Waals surface area contributed by atoms with Gasteiger partial charge in [0.2, 0.25) is 0 Å². The molecule has 4 rings (SSSR count). The van der Waals surface area contributed by atoms with Crippen LogP contribution < -0.4 is 4.74 Å². The fourth-order valence-corrected chi connectivity index (χ4v) is 5.66. The van der Waals surface area contributed by atoms with E-state index in [1.54, 1.807) is 12.4 Å². The number of ether oxygens (including phenoxy) is 1. The first-order chi connectivity index (χ1) is 19.2. The zero-order chi connectivity index (χ0) is 27.1. The van der Waals surface area contributed by atoms with E-state index in [1.165, 1.54) is 93.7 Å². The molecule has 1 aliphatic carbocycles. The molecular weight excluding hydrogens is 480 g/mol. The lowest BCUT2D eigenvalue weighted by Gasteiger charge is -2.08. The lowest BCUT2D eigenvalue weighted by atomic mass is 9.99. The summed E-state index contributed by atoms with van der Waals surface area (Å²) in [5.41, 5.74) is 4.73. The van der Waals surface area contributed by atoms with Gasteiger partial charge in [-0.2, -0.15) is 0 Å². The molecule has 39 heavy (non-hydrogen) atoms. The molecule has 1 aromatic heterocycles. The largest absolute Gasteiger partial charge is 0.423 e. The first kappa shape index (κ1) is 29.0. The molecule has 0 aliphatic heterocycles. The number of hydrogen-bond acceptors (Lipinski definition) is 4. The van der Waals surface area contributed by atoms with E-state index in [4.69, 9.17) is 4.74 Å². The number of carbonyl (C=O) groups is 1. The first-order valence-electron chi connectivity index (χ1n) is 15.4. The number of unbranched alkanes of at least 4 members (excludes halogenated alkanes) is 7. The van der Waals surface area contributed by atoms with Gasteiger partial charge in [-0.1, -0.05) is 133 Å². The lowest BCUT2D eigenvalue weighted by molar-refractivity contribution is -0.134. The molecule has 1 heterocycles. The average Bonchev–Trinajstić information content (AvgIpc) is 3.49. The molecule has 4 nitrogen and oxygen atoms in total. The monoisotopic (exact) mass is 526 g/mol. The van der Waals surface area contributed by atoms with Gasteiger partial charge in [-0.05, 0) is 41.9 Å². The Bertz CT molecular complexity index is 1100. The van der Waals surface area contributed by atoms with Crippen molar-refractivity contribution in [3.05, 3.63) is 66.5 Å². The third-order valence-electron chi connectivity index (χ3n) is 8.08. The van der Waals surface area contributed by atoms with E-state index in [2.05, 4.69) is 53.3 Å². The van der Waals surface area contributed by atoms with Crippen LogP contribution in [0.3, 0.4) is 0 Å². The summed E-state index contributed by atoms with van der Waals surface area (Å²) < 4.78 is 5.46. The molecule has 2 aromatic carbocycles. The predicted molar refractivity (Wildman–Crippen MR) is 161 cm³/mol. The maximum Gasteiger partial charge on any atom is 0.311 e. The van der Waals surface area contributed by atoms with Crippen LogP contribution >= 0.6 is 0 Å². The number of hydrogen-bond donors (Lipinski definition) is 0. The molecule has 3 aromatic rings. The average molecular weight is 527 g/mol. The topological polar surface area (TPSA) is 52.1 Å². The van der Waals surface area contributed by atoms with Gasteiger partial charge in [0, 0.05) is 12.0 Å². The lowest BCUT2D eigenvalue weighted by Crippen LogP contribution is -2.08. The van der Waals surface area contributed by atoms with Crippen molar-refractivity contribution in [2.45, 2.75) is 110 Å². The fourth-order valence-electron chi connectivity index (χ4n) is 5.66. The molecule has 0 saturated heterocycles. The van der Waals surface area contributed by atoms with Crippen LogP contribution in [-0.2, 0) is 11.2 Å². The summed E-state index contributed by atoms with van der Waals surface area (Å²) in [6.45, 7) is 2.24. The van der Waals surface area contributed by atoms with Crippen LogP contribution in [0.5, 0.6) is 5.75 Å². The van der Waals surface area contributed by atoms with E-state index < -0.39 is 0 Å². The van der Waals surface area contributed by atoms with Crippen LogP contribution in [0.25, 0.3) is 22.5 Å². The molecule has 1 aliphatic rings. The van der Waals surface area contributed by atoms with Crippen LogP contribution in [0.1, 0.15) is 109 Å². The van der Waals surface area contributed by atoms with Gasteiger partial charge >= 0.3 is 5.97 Å². The van der Waals surface area contributed by atoms with Crippen molar-refractivity contribution in [2.75, 3.05) is 0 Å².